The lowest BCUT2D eigenvalue weighted by Crippen LogP contribution is -2.13. The van der Waals surface area contributed by atoms with Crippen molar-refractivity contribution in [2.75, 3.05) is 0 Å². The third-order valence-electron chi connectivity index (χ3n) is 2.08. The Kier molecular flexibility index (Phi) is 3.95. The molecule has 0 aliphatic rings. The summed E-state index contributed by atoms with van der Waals surface area (Å²) in [5, 5.41) is 8.26. The Morgan fingerprint density at radius 1 is 1.32 bits per heavy atom. The zero-order valence-corrected chi connectivity index (χ0v) is 11.5. The molecule has 0 aliphatic heterocycles. The lowest BCUT2D eigenvalue weighted by atomic mass is 10.3. The fourth-order valence-corrected chi connectivity index (χ4v) is 2.61. The fraction of sp³-hybridized carbons (Fsp3) is 0.111. The molecule has 19 heavy (non-hydrogen) atoms. The van der Waals surface area contributed by atoms with E-state index in [1.165, 1.54) is 12.1 Å². The number of benzene rings is 1. The maximum atomic E-state index is 11.2. The summed E-state index contributed by atoms with van der Waals surface area (Å²) in [7, 11) is -3.94. The van der Waals surface area contributed by atoms with Gasteiger partial charge < -0.3 is 9.26 Å². The first-order chi connectivity index (χ1) is 8.89. The number of hydrogen-bond acceptors (Lipinski definition) is 6. The molecule has 2 N–H and O–H groups in total. The van der Waals surface area contributed by atoms with E-state index in [1.54, 1.807) is 0 Å². The largest absolute Gasteiger partial charge is 0.484 e. The molecule has 2 rings (SSSR count). The van der Waals surface area contributed by atoms with Crippen LogP contribution in [0.2, 0.25) is 10.0 Å². The number of rotatable bonds is 4. The van der Waals surface area contributed by atoms with E-state index < -0.39 is 10.0 Å². The first-order valence-electron chi connectivity index (χ1n) is 4.78. The van der Waals surface area contributed by atoms with Crippen LogP contribution in [0.25, 0.3) is 0 Å². The van der Waals surface area contributed by atoms with E-state index in [9.17, 15) is 8.42 Å². The van der Waals surface area contributed by atoms with E-state index in [0.717, 1.165) is 6.39 Å². The molecular weight excluding hydrogens is 317 g/mol. The zero-order chi connectivity index (χ0) is 14.0. The molecule has 0 atom stereocenters. The second-order valence-corrected chi connectivity index (χ2v) is 5.66. The number of hydrogen-bond donors (Lipinski definition) is 1. The smallest absolute Gasteiger partial charge is 0.239 e. The van der Waals surface area contributed by atoms with Crippen LogP contribution in [-0.2, 0) is 16.6 Å². The molecule has 0 amide bonds. The summed E-state index contributed by atoms with van der Waals surface area (Å²) in [4.78, 5) is 3.47. The third kappa shape index (κ3) is 3.16. The Bertz CT molecular complexity index is 688. The van der Waals surface area contributed by atoms with Crippen LogP contribution >= 0.6 is 23.2 Å². The maximum Gasteiger partial charge on any atom is 0.239 e. The predicted octanol–water partition coefficient (Wildman–Crippen LogP) is 1.60. The Balaban J connectivity index is 2.26. The van der Waals surface area contributed by atoms with E-state index in [1.807, 2.05) is 0 Å². The molecule has 1 aromatic carbocycles. The van der Waals surface area contributed by atoms with Crippen molar-refractivity contribution < 1.29 is 17.7 Å². The monoisotopic (exact) mass is 323 g/mol. The number of aromatic nitrogens is 2. The Morgan fingerprint density at radius 3 is 2.63 bits per heavy atom. The normalized spacial score (nSPS) is 11.5. The molecule has 102 valence electrons. The van der Waals surface area contributed by atoms with Crippen LogP contribution in [0.1, 0.15) is 5.82 Å². The van der Waals surface area contributed by atoms with Gasteiger partial charge in [-0.25, -0.2) is 13.6 Å². The molecule has 0 bridgehead atoms. The minimum atomic E-state index is -3.94. The van der Waals surface area contributed by atoms with Gasteiger partial charge in [0.1, 0.15) is 15.7 Å². The summed E-state index contributed by atoms with van der Waals surface area (Å²) in [6, 6.07) is 2.54. The number of sulfonamides is 1. The van der Waals surface area contributed by atoms with Crippen LogP contribution in [0.3, 0.4) is 0 Å². The minimum Gasteiger partial charge on any atom is -0.484 e. The lowest BCUT2D eigenvalue weighted by Gasteiger charge is -2.09. The molecule has 0 unspecified atom stereocenters. The van der Waals surface area contributed by atoms with E-state index in [-0.39, 0.29) is 27.3 Å². The van der Waals surface area contributed by atoms with Crippen LogP contribution in [0.15, 0.2) is 27.9 Å². The highest BCUT2D eigenvalue weighted by Crippen LogP contribution is 2.36. The van der Waals surface area contributed by atoms with Gasteiger partial charge in [-0.1, -0.05) is 28.4 Å². The Hall–Kier alpha value is -1.35. The summed E-state index contributed by atoms with van der Waals surface area (Å²) >= 11 is 11.7. The van der Waals surface area contributed by atoms with Crippen molar-refractivity contribution in [3.8, 4) is 5.75 Å². The molecule has 0 aliphatic carbocycles. The number of primary sulfonamides is 1. The first kappa shape index (κ1) is 14.1. The third-order valence-corrected chi connectivity index (χ3v) is 4.01. The molecule has 0 saturated heterocycles. The van der Waals surface area contributed by atoms with E-state index >= 15 is 0 Å². The highest BCUT2D eigenvalue weighted by molar-refractivity contribution is 7.89. The predicted molar refractivity (Wildman–Crippen MR) is 66.5 cm³/mol. The molecule has 1 aromatic heterocycles. The average molecular weight is 324 g/mol. The number of ether oxygens (including phenoxy) is 1. The molecule has 1 heterocycles. The van der Waals surface area contributed by atoms with Gasteiger partial charge >= 0.3 is 0 Å². The number of nitrogens with zero attached hydrogens (tertiary/aromatic N) is 2. The SMILES string of the molecule is NS(=O)(=O)c1ccc(OCc2ncon2)c(Cl)c1Cl. The van der Waals surface area contributed by atoms with Crippen LogP contribution in [0.4, 0.5) is 0 Å². The van der Waals surface area contributed by atoms with Gasteiger partial charge in [-0.3, -0.25) is 0 Å². The molecule has 0 fully saturated rings. The summed E-state index contributed by atoms with van der Waals surface area (Å²) in [5.74, 6) is 0.492. The van der Waals surface area contributed by atoms with Crippen molar-refractivity contribution in [2.45, 2.75) is 11.5 Å². The second-order valence-electron chi connectivity index (χ2n) is 3.37. The van der Waals surface area contributed by atoms with E-state index in [4.69, 9.17) is 33.1 Å². The second kappa shape index (κ2) is 5.33. The van der Waals surface area contributed by atoms with Crippen molar-refractivity contribution >= 4 is 33.2 Å². The zero-order valence-electron chi connectivity index (χ0n) is 9.21. The minimum absolute atomic E-state index is 0.00126. The maximum absolute atomic E-state index is 11.2. The van der Waals surface area contributed by atoms with Crippen molar-refractivity contribution in [1.29, 1.82) is 0 Å². The molecule has 0 saturated carbocycles. The lowest BCUT2D eigenvalue weighted by molar-refractivity contribution is 0.286. The van der Waals surface area contributed by atoms with Crippen molar-refractivity contribution in [1.82, 2.24) is 10.1 Å². The van der Waals surface area contributed by atoms with Gasteiger partial charge in [0, 0.05) is 0 Å². The number of halogens is 2. The Morgan fingerprint density at radius 2 is 2.05 bits per heavy atom. The highest BCUT2D eigenvalue weighted by atomic mass is 35.5. The Labute approximate surface area is 118 Å². The summed E-state index contributed by atoms with van der Waals surface area (Å²) in [5.41, 5.74) is 0. The van der Waals surface area contributed by atoms with Crippen LogP contribution in [0.5, 0.6) is 5.75 Å². The van der Waals surface area contributed by atoms with Gasteiger partial charge in [0.25, 0.3) is 0 Å². The topological polar surface area (TPSA) is 108 Å². The summed E-state index contributed by atoms with van der Waals surface area (Å²) in [6.07, 6.45) is 1.15. The molecule has 10 heteroatoms. The van der Waals surface area contributed by atoms with E-state index in [2.05, 4.69) is 14.7 Å². The van der Waals surface area contributed by atoms with E-state index in [0.29, 0.717) is 5.82 Å². The van der Waals surface area contributed by atoms with Gasteiger partial charge in [0.05, 0.1) is 5.02 Å². The van der Waals surface area contributed by atoms with Gasteiger partial charge in [-0.2, -0.15) is 4.98 Å². The van der Waals surface area contributed by atoms with Gasteiger partial charge in [0.15, 0.2) is 6.61 Å². The van der Waals surface area contributed by atoms with Crippen LogP contribution in [0, 0.1) is 0 Å². The van der Waals surface area contributed by atoms with Gasteiger partial charge in [-0.15, -0.1) is 0 Å². The van der Waals surface area contributed by atoms with Gasteiger partial charge in [-0.05, 0) is 12.1 Å². The fourth-order valence-electron chi connectivity index (χ4n) is 1.24. The summed E-state index contributed by atoms with van der Waals surface area (Å²) in [6.45, 7) is 0.00126. The molecule has 0 spiro atoms. The molecule has 2 aromatic rings. The van der Waals surface area contributed by atoms with Crippen molar-refractivity contribution in [3.63, 3.8) is 0 Å². The van der Waals surface area contributed by atoms with Crippen molar-refractivity contribution in [3.05, 3.63) is 34.4 Å². The average Bonchev–Trinajstić information content (AvgIpc) is 2.82. The first-order valence-corrected chi connectivity index (χ1v) is 7.08. The molecular formula is C9H7Cl2N3O4S. The standard InChI is InChI=1S/C9H7Cl2N3O4S/c10-8-5(17-3-7-13-4-18-14-7)1-2-6(9(8)11)19(12,15)16/h1-2,4H,3H2,(H2,12,15,16). The van der Waals surface area contributed by atoms with Gasteiger partial charge in [0.2, 0.25) is 22.2 Å². The summed E-state index contributed by atoms with van der Waals surface area (Å²) < 4.78 is 32.3. The van der Waals surface area contributed by atoms with Crippen LogP contribution < -0.4 is 9.88 Å². The highest BCUT2D eigenvalue weighted by Gasteiger charge is 2.18. The molecule has 7 nitrogen and oxygen atoms in total. The molecule has 0 radical (unpaired) electrons. The quantitative estimate of drug-likeness (QED) is 0.915. The van der Waals surface area contributed by atoms with Crippen molar-refractivity contribution in [2.24, 2.45) is 5.14 Å². The van der Waals surface area contributed by atoms with Crippen LogP contribution in [-0.4, -0.2) is 18.6 Å². The number of nitrogens with two attached hydrogens (primary N) is 1.